The minimum atomic E-state index is 0.339. The lowest BCUT2D eigenvalue weighted by Crippen LogP contribution is -2.11. The maximum atomic E-state index is 5.52. The van der Waals surface area contributed by atoms with Gasteiger partial charge in [-0.2, -0.15) is 0 Å². The van der Waals surface area contributed by atoms with Crippen LogP contribution in [-0.2, 0) is 0 Å². The second-order valence-electron chi connectivity index (χ2n) is 2.42. The zero-order valence-corrected chi connectivity index (χ0v) is 7.90. The molecule has 0 fully saturated rings. The predicted octanol–water partition coefficient (Wildman–Crippen LogP) is 0.631. The number of hydrogen-bond acceptors (Lipinski definition) is 2. The molecule has 0 aliphatic heterocycles. The van der Waals surface area contributed by atoms with Gasteiger partial charge in [0.1, 0.15) is 4.99 Å². The van der Waals surface area contributed by atoms with Crippen LogP contribution in [0.15, 0.2) is 24.3 Å². The first-order valence-corrected chi connectivity index (χ1v) is 4.24. The Balaban J connectivity index is 3.12. The summed E-state index contributed by atoms with van der Waals surface area (Å²) in [5.41, 5.74) is 12.4. The standard InChI is InChI=1S/C10H10N2S/c11-7-3-5-8-4-1-2-6-9(8)10(12)13/h1-2,4,6H,7,11H2,(H2,12,13). The fourth-order valence-corrected chi connectivity index (χ4v) is 1.13. The van der Waals surface area contributed by atoms with Gasteiger partial charge in [-0.1, -0.05) is 42.3 Å². The van der Waals surface area contributed by atoms with Gasteiger partial charge in [-0.3, -0.25) is 0 Å². The van der Waals surface area contributed by atoms with Crippen molar-refractivity contribution in [3.63, 3.8) is 0 Å². The molecule has 0 aliphatic carbocycles. The summed E-state index contributed by atoms with van der Waals surface area (Å²) < 4.78 is 0. The Labute approximate surface area is 82.9 Å². The van der Waals surface area contributed by atoms with E-state index in [0.717, 1.165) is 11.1 Å². The Morgan fingerprint density at radius 2 is 2.08 bits per heavy atom. The highest BCUT2D eigenvalue weighted by Crippen LogP contribution is 2.06. The summed E-state index contributed by atoms with van der Waals surface area (Å²) in [5.74, 6) is 5.67. The van der Waals surface area contributed by atoms with Gasteiger partial charge in [-0.15, -0.1) is 0 Å². The van der Waals surface area contributed by atoms with Crippen molar-refractivity contribution >= 4 is 17.2 Å². The van der Waals surface area contributed by atoms with Crippen LogP contribution in [0.5, 0.6) is 0 Å². The molecular formula is C10H10N2S. The molecule has 0 atom stereocenters. The largest absolute Gasteiger partial charge is 0.389 e. The number of rotatable bonds is 1. The quantitative estimate of drug-likeness (QED) is 0.504. The predicted molar refractivity (Wildman–Crippen MR) is 58.3 cm³/mol. The number of nitrogens with two attached hydrogens (primary N) is 2. The molecule has 13 heavy (non-hydrogen) atoms. The third-order valence-electron chi connectivity index (χ3n) is 1.52. The molecule has 4 N–H and O–H groups in total. The van der Waals surface area contributed by atoms with E-state index in [2.05, 4.69) is 11.8 Å². The van der Waals surface area contributed by atoms with E-state index in [0.29, 0.717) is 11.5 Å². The molecule has 0 spiro atoms. The van der Waals surface area contributed by atoms with Gasteiger partial charge in [0.2, 0.25) is 0 Å². The van der Waals surface area contributed by atoms with E-state index in [9.17, 15) is 0 Å². The average Bonchev–Trinajstić information content (AvgIpc) is 2.15. The molecule has 0 saturated heterocycles. The van der Waals surface area contributed by atoms with Crippen molar-refractivity contribution in [2.45, 2.75) is 0 Å². The van der Waals surface area contributed by atoms with E-state index in [1.807, 2.05) is 24.3 Å². The van der Waals surface area contributed by atoms with E-state index in [1.165, 1.54) is 0 Å². The Morgan fingerprint density at radius 1 is 1.38 bits per heavy atom. The van der Waals surface area contributed by atoms with Crippen LogP contribution >= 0.6 is 12.2 Å². The van der Waals surface area contributed by atoms with Gasteiger partial charge in [0.25, 0.3) is 0 Å². The monoisotopic (exact) mass is 190 g/mol. The molecule has 0 saturated carbocycles. The topological polar surface area (TPSA) is 52.0 Å². The van der Waals surface area contributed by atoms with Gasteiger partial charge >= 0.3 is 0 Å². The molecule has 3 heteroatoms. The van der Waals surface area contributed by atoms with E-state index < -0.39 is 0 Å². The van der Waals surface area contributed by atoms with Crippen molar-refractivity contribution in [1.29, 1.82) is 0 Å². The zero-order valence-electron chi connectivity index (χ0n) is 7.08. The smallest absolute Gasteiger partial charge is 0.105 e. The maximum absolute atomic E-state index is 5.52. The van der Waals surface area contributed by atoms with Crippen molar-refractivity contribution in [2.24, 2.45) is 11.5 Å². The lowest BCUT2D eigenvalue weighted by Gasteiger charge is -2.00. The summed E-state index contributed by atoms with van der Waals surface area (Å²) in [7, 11) is 0. The van der Waals surface area contributed by atoms with Gasteiger partial charge < -0.3 is 11.5 Å². The highest BCUT2D eigenvalue weighted by molar-refractivity contribution is 7.80. The lowest BCUT2D eigenvalue weighted by molar-refractivity contribution is 1.30. The Kier molecular flexibility index (Phi) is 3.44. The molecule has 0 radical (unpaired) electrons. The summed E-state index contributed by atoms with van der Waals surface area (Å²) in [4.78, 5) is 0.363. The molecule has 0 heterocycles. The molecule has 66 valence electrons. The zero-order chi connectivity index (χ0) is 9.68. The fourth-order valence-electron chi connectivity index (χ4n) is 0.953. The van der Waals surface area contributed by atoms with Crippen molar-refractivity contribution in [2.75, 3.05) is 6.54 Å². The summed E-state index contributed by atoms with van der Waals surface area (Å²) in [6.45, 7) is 0.339. The van der Waals surface area contributed by atoms with Crippen LogP contribution in [0.2, 0.25) is 0 Å². The van der Waals surface area contributed by atoms with Gasteiger partial charge in [-0.25, -0.2) is 0 Å². The van der Waals surface area contributed by atoms with Crippen molar-refractivity contribution in [1.82, 2.24) is 0 Å². The molecule has 0 unspecified atom stereocenters. The number of hydrogen-bond donors (Lipinski definition) is 2. The van der Waals surface area contributed by atoms with Gasteiger partial charge in [0.15, 0.2) is 0 Å². The van der Waals surface area contributed by atoms with Crippen molar-refractivity contribution in [3.8, 4) is 11.8 Å². The van der Waals surface area contributed by atoms with E-state index in [4.69, 9.17) is 23.7 Å². The third kappa shape index (κ3) is 2.55. The molecule has 0 bridgehead atoms. The first-order chi connectivity index (χ1) is 6.25. The average molecular weight is 190 g/mol. The molecule has 2 nitrogen and oxygen atoms in total. The summed E-state index contributed by atoms with van der Waals surface area (Å²) >= 11 is 4.88. The Morgan fingerprint density at radius 3 is 2.69 bits per heavy atom. The molecule has 1 rings (SSSR count). The van der Waals surface area contributed by atoms with Gasteiger partial charge in [-0.05, 0) is 6.07 Å². The number of benzene rings is 1. The highest BCUT2D eigenvalue weighted by Gasteiger charge is 1.99. The van der Waals surface area contributed by atoms with E-state index in [-0.39, 0.29) is 0 Å². The highest BCUT2D eigenvalue weighted by atomic mass is 32.1. The second kappa shape index (κ2) is 4.61. The minimum absolute atomic E-state index is 0.339. The van der Waals surface area contributed by atoms with Crippen LogP contribution in [0.4, 0.5) is 0 Å². The molecule has 1 aromatic carbocycles. The van der Waals surface area contributed by atoms with Crippen LogP contribution in [0.1, 0.15) is 11.1 Å². The minimum Gasteiger partial charge on any atom is -0.389 e. The molecule has 1 aromatic rings. The first-order valence-electron chi connectivity index (χ1n) is 3.83. The number of thiocarbonyl (C=S) groups is 1. The van der Waals surface area contributed by atoms with E-state index >= 15 is 0 Å². The Hall–Kier alpha value is -1.37. The summed E-state index contributed by atoms with van der Waals surface area (Å²) in [5, 5.41) is 0. The van der Waals surface area contributed by atoms with Crippen LogP contribution in [0.3, 0.4) is 0 Å². The van der Waals surface area contributed by atoms with Gasteiger partial charge in [0, 0.05) is 11.1 Å². The lowest BCUT2D eigenvalue weighted by atomic mass is 10.1. The third-order valence-corrected chi connectivity index (χ3v) is 1.74. The summed E-state index contributed by atoms with van der Waals surface area (Å²) in [6.07, 6.45) is 0. The SMILES string of the molecule is NCC#Cc1ccccc1C(N)=S. The van der Waals surface area contributed by atoms with Crippen LogP contribution in [-0.4, -0.2) is 11.5 Å². The molecule has 0 amide bonds. The molecule has 0 aliphatic rings. The van der Waals surface area contributed by atoms with Crippen LogP contribution in [0, 0.1) is 11.8 Å². The first kappa shape index (κ1) is 9.72. The van der Waals surface area contributed by atoms with Crippen molar-refractivity contribution < 1.29 is 0 Å². The van der Waals surface area contributed by atoms with Crippen LogP contribution < -0.4 is 11.5 Å². The molecule has 0 aromatic heterocycles. The molecular weight excluding hydrogens is 180 g/mol. The normalized spacial score (nSPS) is 8.69. The maximum Gasteiger partial charge on any atom is 0.105 e. The Bertz CT molecular complexity index is 374. The van der Waals surface area contributed by atoms with Gasteiger partial charge in [0.05, 0.1) is 6.54 Å². The fraction of sp³-hybridized carbons (Fsp3) is 0.100. The second-order valence-corrected chi connectivity index (χ2v) is 2.86. The van der Waals surface area contributed by atoms with E-state index in [1.54, 1.807) is 0 Å². The van der Waals surface area contributed by atoms with Crippen LogP contribution in [0.25, 0.3) is 0 Å². The summed E-state index contributed by atoms with van der Waals surface area (Å²) in [6, 6.07) is 7.49. The van der Waals surface area contributed by atoms with Crippen molar-refractivity contribution in [3.05, 3.63) is 35.4 Å².